The van der Waals surface area contributed by atoms with Crippen LogP contribution < -0.4 is 4.90 Å². The van der Waals surface area contributed by atoms with Gasteiger partial charge in [0.2, 0.25) is 0 Å². The van der Waals surface area contributed by atoms with Crippen LogP contribution in [0, 0.1) is 0 Å². The first-order valence-corrected chi connectivity index (χ1v) is 18.1. The van der Waals surface area contributed by atoms with E-state index in [0.29, 0.717) is 0 Å². The van der Waals surface area contributed by atoms with Gasteiger partial charge in [-0.2, -0.15) is 0 Å². The fourth-order valence-electron chi connectivity index (χ4n) is 7.52. The summed E-state index contributed by atoms with van der Waals surface area (Å²) in [5.41, 5.74) is 12.1. The summed E-state index contributed by atoms with van der Waals surface area (Å²) in [4.78, 5) is 2.44. The Hall–Kier alpha value is -6.42. The summed E-state index contributed by atoms with van der Waals surface area (Å²) in [5.74, 6) is 0. The molecular formula is C48H31NOS. The van der Waals surface area contributed by atoms with E-state index >= 15 is 0 Å². The van der Waals surface area contributed by atoms with Crippen molar-refractivity contribution in [2.45, 2.75) is 0 Å². The van der Waals surface area contributed by atoms with Crippen LogP contribution in [-0.2, 0) is 0 Å². The summed E-state index contributed by atoms with van der Waals surface area (Å²) in [6, 6.07) is 67.4. The van der Waals surface area contributed by atoms with Crippen molar-refractivity contribution in [3.05, 3.63) is 188 Å². The molecule has 2 heterocycles. The Balaban J connectivity index is 1.21. The largest absolute Gasteiger partial charge is 0.456 e. The average Bonchev–Trinajstić information content (AvgIpc) is 3.77. The van der Waals surface area contributed by atoms with E-state index in [0.717, 1.165) is 55.7 Å². The van der Waals surface area contributed by atoms with Crippen molar-refractivity contribution in [2.75, 3.05) is 4.90 Å². The van der Waals surface area contributed by atoms with E-state index in [1.807, 2.05) is 17.4 Å². The van der Waals surface area contributed by atoms with Crippen LogP contribution in [0.2, 0.25) is 0 Å². The Morgan fingerprint density at radius 3 is 1.71 bits per heavy atom. The van der Waals surface area contributed by atoms with Crippen molar-refractivity contribution in [1.82, 2.24) is 0 Å². The van der Waals surface area contributed by atoms with Gasteiger partial charge in [0.05, 0.1) is 22.4 Å². The summed E-state index contributed by atoms with van der Waals surface area (Å²) < 4.78 is 9.05. The number of nitrogens with zero attached hydrogens (tertiary/aromatic N) is 1. The van der Waals surface area contributed by atoms with Gasteiger partial charge in [0, 0.05) is 36.7 Å². The van der Waals surface area contributed by atoms with Gasteiger partial charge in [-0.1, -0.05) is 146 Å². The Morgan fingerprint density at radius 2 is 0.902 bits per heavy atom. The van der Waals surface area contributed by atoms with E-state index in [-0.39, 0.29) is 0 Å². The van der Waals surface area contributed by atoms with Crippen molar-refractivity contribution >= 4 is 70.5 Å². The van der Waals surface area contributed by atoms with Gasteiger partial charge in [-0.05, 0) is 64.7 Å². The zero-order chi connectivity index (χ0) is 33.7. The Morgan fingerprint density at radius 1 is 0.353 bits per heavy atom. The molecule has 51 heavy (non-hydrogen) atoms. The molecule has 10 aromatic rings. The number of rotatable bonds is 6. The molecule has 0 unspecified atom stereocenters. The smallest absolute Gasteiger partial charge is 0.137 e. The number of fused-ring (bicyclic) bond motifs is 6. The highest BCUT2D eigenvalue weighted by atomic mass is 32.1. The quantitative estimate of drug-likeness (QED) is 0.175. The lowest BCUT2D eigenvalue weighted by atomic mass is 9.96. The summed E-state index contributed by atoms with van der Waals surface area (Å²) in [5, 5.41) is 4.80. The molecule has 3 heteroatoms. The number of hydrogen-bond acceptors (Lipinski definition) is 3. The second kappa shape index (κ2) is 12.2. The Bertz CT molecular complexity index is 2860. The molecule has 0 saturated heterocycles. The number of furan rings is 1. The zero-order valence-electron chi connectivity index (χ0n) is 27.7. The fraction of sp³-hybridized carbons (Fsp3) is 0. The van der Waals surface area contributed by atoms with Crippen LogP contribution in [0.4, 0.5) is 17.1 Å². The summed E-state index contributed by atoms with van der Waals surface area (Å²) in [7, 11) is 0. The second-order valence-corrected chi connectivity index (χ2v) is 14.0. The second-order valence-electron chi connectivity index (χ2n) is 12.9. The summed E-state index contributed by atoms with van der Waals surface area (Å²) in [6.45, 7) is 0. The highest BCUT2D eigenvalue weighted by Crippen LogP contribution is 2.49. The van der Waals surface area contributed by atoms with Gasteiger partial charge in [-0.15, -0.1) is 11.3 Å². The third-order valence-corrected chi connectivity index (χ3v) is 11.0. The molecule has 0 aliphatic heterocycles. The van der Waals surface area contributed by atoms with E-state index in [1.165, 1.54) is 36.9 Å². The van der Waals surface area contributed by atoms with E-state index in [2.05, 4.69) is 187 Å². The third-order valence-electron chi connectivity index (χ3n) is 9.90. The molecule has 0 amide bonds. The van der Waals surface area contributed by atoms with E-state index in [1.54, 1.807) is 0 Å². The number of thiophene rings is 1. The van der Waals surface area contributed by atoms with Crippen molar-refractivity contribution in [3.8, 4) is 33.4 Å². The molecule has 0 bridgehead atoms. The van der Waals surface area contributed by atoms with Crippen molar-refractivity contribution < 1.29 is 4.42 Å². The molecule has 0 aliphatic rings. The molecule has 0 radical (unpaired) electrons. The van der Waals surface area contributed by atoms with Crippen molar-refractivity contribution in [1.29, 1.82) is 0 Å². The number of hydrogen-bond donors (Lipinski definition) is 0. The predicted octanol–water partition coefficient (Wildman–Crippen LogP) is 14.4. The highest BCUT2D eigenvalue weighted by molar-refractivity contribution is 7.25. The lowest BCUT2D eigenvalue weighted by Crippen LogP contribution is -2.12. The van der Waals surface area contributed by atoms with Crippen LogP contribution in [-0.4, -0.2) is 0 Å². The standard InChI is InChI=1S/C48H31NOS/c1-2-13-32(14-3-1)33-25-27-34(28-26-33)36-15-4-8-19-41(36)49(43-21-12-23-45-48(43)40-18-6-10-22-44(40)50-45)42-20-9-5-16-37(42)35-29-30-39-38-17-7-11-24-46(38)51-47(39)31-35/h1-31H. The minimum atomic E-state index is 0.868. The SMILES string of the molecule is c1ccc(-c2ccc(-c3ccccc3N(c3ccccc3-c3ccc4c(c3)sc3ccccc34)c3cccc4oc5ccccc5c34)cc2)cc1. The molecule has 0 fully saturated rings. The minimum Gasteiger partial charge on any atom is -0.456 e. The number of para-hydroxylation sites is 3. The lowest BCUT2D eigenvalue weighted by molar-refractivity contribution is 0.669. The van der Waals surface area contributed by atoms with Crippen LogP contribution in [0.1, 0.15) is 0 Å². The monoisotopic (exact) mass is 669 g/mol. The Labute approximate surface area is 300 Å². The van der Waals surface area contributed by atoms with Gasteiger partial charge >= 0.3 is 0 Å². The first-order chi connectivity index (χ1) is 25.3. The van der Waals surface area contributed by atoms with E-state index < -0.39 is 0 Å². The molecule has 2 nitrogen and oxygen atoms in total. The van der Waals surface area contributed by atoms with Gasteiger partial charge in [0.1, 0.15) is 11.2 Å². The fourth-order valence-corrected chi connectivity index (χ4v) is 8.67. The molecule has 10 rings (SSSR count). The van der Waals surface area contributed by atoms with Gasteiger partial charge in [0.15, 0.2) is 0 Å². The minimum absolute atomic E-state index is 0.868. The number of anilines is 3. The Kier molecular flexibility index (Phi) is 7.04. The molecule has 0 N–H and O–H groups in total. The molecule has 2 aromatic heterocycles. The molecule has 0 spiro atoms. The van der Waals surface area contributed by atoms with Gasteiger partial charge in [-0.3, -0.25) is 0 Å². The molecule has 240 valence electrons. The normalized spacial score (nSPS) is 11.5. The zero-order valence-corrected chi connectivity index (χ0v) is 28.5. The summed E-state index contributed by atoms with van der Waals surface area (Å²) in [6.07, 6.45) is 0. The highest BCUT2D eigenvalue weighted by Gasteiger charge is 2.24. The maximum atomic E-state index is 6.45. The molecule has 8 aromatic carbocycles. The van der Waals surface area contributed by atoms with Crippen molar-refractivity contribution in [3.63, 3.8) is 0 Å². The number of benzene rings is 8. The summed E-state index contributed by atoms with van der Waals surface area (Å²) >= 11 is 1.86. The molecule has 0 saturated carbocycles. The van der Waals surface area contributed by atoms with Crippen molar-refractivity contribution in [2.24, 2.45) is 0 Å². The lowest BCUT2D eigenvalue weighted by Gasteiger charge is -2.30. The van der Waals surface area contributed by atoms with Crippen LogP contribution >= 0.6 is 11.3 Å². The van der Waals surface area contributed by atoms with Gasteiger partial charge < -0.3 is 9.32 Å². The average molecular weight is 670 g/mol. The van der Waals surface area contributed by atoms with Crippen LogP contribution in [0.15, 0.2) is 192 Å². The predicted molar refractivity (Wildman–Crippen MR) is 218 cm³/mol. The maximum absolute atomic E-state index is 6.45. The van der Waals surface area contributed by atoms with Crippen LogP contribution in [0.25, 0.3) is 75.5 Å². The first kappa shape index (κ1) is 29.5. The van der Waals surface area contributed by atoms with Crippen LogP contribution in [0.3, 0.4) is 0 Å². The van der Waals surface area contributed by atoms with Gasteiger partial charge in [0.25, 0.3) is 0 Å². The van der Waals surface area contributed by atoms with E-state index in [9.17, 15) is 0 Å². The molecule has 0 atom stereocenters. The van der Waals surface area contributed by atoms with Gasteiger partial charge in [-0.25, -0.2) is 0 Å². The van der Waals surface area contributed by atoms with E-state index in [4.69, 9.17) is 4.42 Å². The first-order valence-electron chi connectivity index (χ1n) is 17.3. The topological polar surface area (TPSA) is 16.4 Å². The maximum Gasteiger partial charge on any atom is 0.137 e. The third kappa shape index (κ3) is 5.01. The molecular weight excluding hydrogens is 639 g/mol. The molecule has 0 aliphatic carbocycles. The van der Waals surface area contributed by atoms with Crippen LogP contribution in [0.5, 0.6) is 0 Å².